The van der Waals surface area contributed by atoms with Gasteiger partial charge in [0.25, 0.3) is 5.91 Å². The summed E-state index contributed by atoms with van der Waals surface area (Å²) in [4.78, 5) is 23.2. The van der Waals surface area contributed by atoms with Crippen molar-refractivity contribution in [1.29, 1.82) is 0 Å². The second-order valence-corrected chi connectivity index (χ2v) is 7.18. The van der Waals surface area contributed by atoms with Gasteiger partial charge in [0.15, 0.2) is 0 Å². The van der Waals surface area contributed by atoms with E-state index in [-0.39, 0.29) is 5.91 Å². The van der Waals surface area contributed by atoms with E-state index in [1.807, 2.05) is 0 Å². The highest BCUT2D eigenvalue weighted by Gasteiger charge is 2.43. The summed E-state index contributed by atoms with van der Waals surface area (Å²) < 4.78 is 0.854. The van der Waals surface area contributed by atoms with E-state index in [1.54, 1.807) is 23.2 Å². The molecule has 1 aliphatic rings. The SMILES string of the molecule is O=C(NC1(C(=O)O)CCSC1)c1csc(Br)c1. The standard InChI is InChI=1S/C10H10BrNO3S2/c11-7-3-6(4-17-7)8(13)12-10(9(14)15)1-2-16-5-10/h3-4H,1-2,5H2,(H,12,13)(H,14,15). The first kappa shape index (κ1) is 12.9. The van der Waals surface area contributed by atoms with Crippen LogP contribution in [0.25, 0.3) is 0 Å². The summed E-state index contributed by atoms with van der Waals surface area (Å²) >= 11 is 6.22. The molecular weight excluding hydrogens is 326 g/mol. The van der Waals surface area contributed by atoms with Gasteiger partial charge in [-0.2, -0.15) is 11.8 Å². The third-order valence-corrected chi connectivity index (χ3v) is 5.31. The molecule has 0 spiro atoms. The molecule has 1 unspecified atom stereocenters. The molecule has 0 aliphatic carbocycles. The molecule has 92 valence electrons. The van der Waals surface area contributed by atoms with Crippen LogP contribution >= 0.6 is 39.0 Å². The fourth-order valence-electron chi connectivity index (χ4n) is 1.60. The largest absolute Gasteiger partial charge is 0.479 e. The predicted molar refractivity (Wildman–Crippen MR) is 71.8 cm³/mol. The van der Waals surface area contributed by atoms with Gasteiger partial charge < -0.3 is 10.4 Å². The van der Waals surface area contributed by atoms with E-state index in [4.69, 9.17) is 0 Å². The van der Waals surface area contributed by atoms with Crippen LogP contribution in [0.4, 0.5) is 0 Å². The minimum absolute atomic E-state index is 0.322. The molecule has 1 fully saturated rings. The molecule has 0 bridgehead atoms. The van der Waals surface area contributed by atoms with Crippen molar-refractivity contribution in [2.45, 2.75) is 12.0 Å². The predicted octanol–water partition coefficient (Wildman–Crippen LogP) is 2.20. The molecule has 2 N–H and O–H groups in total. The second-order valence-electron chi connectivity index (χ2n) is 3.78. The Morgan fingerprint density at radius 2 is 2.29 bits per heavy atom. The summed E-state index contributed by atoms with van der Waals surface area (Å²) in [5.74, 6) is -0.0822. The zero-order valence-electron chi connectivity index (χ0n) is 8.73. The molecule has 4 nitrogen and oxygen atoms in total. The van der Waals surface area contributed by atoms with Crippen LogP contribution in [0.5, 0.6) is 0 Å². The molecule has 1 aliphatic heterocycles. The Balaban J connectivity index is 2.14. The van der Waals surface area contributed by atoms with Crippen LogP contribution in [0.1, 0.15) is 16.8 Å². The van der Waals surface area contributed by atoms with Crippen molar-refractivity contribution in [3.63, 3.8) is 0 Å². The Bertz CT molecular complexity index is 454. The van der Waals surface area contributed by atoms with E-state index in [0.29, 0.717) is 17.7 Å². The van der Waals surface area contributed by atoms with Crippen molar-refractivity contribution >= 4 is 50.9 Å². The van der Waals surface area contributed by atoms with E-state index >= 15 is 0 Å². The summed E-state index contributed by atoms with van der Waals surface area (Å²) in [5, 5.41) is 13.6. The third-order valence-electron chi connectivity index (χ3n) is 2.61. The minimum atomic E-state index is -1.10. The average molecular weight is 336 g/mol. The highest BCUT2D eigenvalue weighted by atomic mass is 79.9. The van der Waals surface area contributed by atoms with Crippen LogP contribution in [0.3, 0.4) is 0 Å². The summed E-state index contributed by atoms with van der Waals surface area (Å²) in [6.45, 7) is 0. The molecule has 1 aromatic heterocycles. The van der Waals surface area contributed by atoms with Gasteiger partial charge in [-0.05, 0) is 34.2 Å². The normalized spacial score (nSPS) is 23.6. The average Bonchev–Trinajstić information content (AvgIpc) is 2.87. The molecule has 7 heteroatoms. The molecule has 1 atom stereocenters. The molecular formula is C10H10BrNO3S2. The molecule has 0 aromatic carbocycles. The lowest BCUT2D eigenvalue weighted by Crippen LogP contribution is -2.54. The lowest BCUT2D eigenvalue weighted by atomic mass is 9.99. The number of aliphatic carboxylic acids is 1. The van der Waals surface area contributed by atoms with Gasteiger partial charge >= 0.3 is 5.97 Å². The fourth-order valence-corrected chi connectivity index (χ4v) is 4.07. The lowest BCUT2D eigenvalue weighted by Gasteiger charge is -2.24. The number of thiophene rings is 1. The highest BCUT2D eigenvalue weighted by molar-refractivity contribution is 9.11. The number of halogens is 1. The van der Waals surface area contributed by atoms with Gasteiger partial charge in [0.2, 0.25) is 0 Å². The zero-order chi connectivity index (χ0) is 12.5. The number of hydrogen-bond donors (Lipinski definition) is 2. The molecule has 17 heavy (non-hydrogen) atoms. The van der Waals surface area contributed by atoms with Gasteiger partial charge in [-0.25, -0.2) is 4.79 Å². The van der Waals surface area contributed by atoms with E-state index in [1.165, 1.54) is 11.3 Å². The summed E-state index contributed by atoms with van der Waals surface area (Å²) in [5.41, 5.74) is -0.602. The van der Waals surface area contributed by atoms with Crippen LogP contribution in [0, 0.1) is 0 Å². The number of carboxylic acid groups (broad SMARTS) is 1. The Morgan fingerprint density at radius 1 is 1.53 bits per heavy atom. The van der Waals surface area contributed by atoms with Crippen molar-refractivity contribution in [1.82, 2.24) is 5.32 Å². The van der Waals surface area contributed by atoms with Crippen molar-refractivity contribution in [2.24, 2.45) is 0 Å². The highest BCUT2D eigenvalue weighted by Crippen LogP contribution is 2.29. The fraction of sp³-hybridized carbons (Fsp3) is 0.400. The Kier molecular flexibility index (Phi) is 3.79. The van der Waals surface area contributed by atoms with Crippen LogP contribution in [-0.2, 0) is 4.79 Å². The number of carbonyl (C=O) groups is 2. The maximum absolute atomic E-state index is 11.9. The molecule has 1 saturated heterocycles. The quantitative estimate of drug-likeness (QED) is 0.888. The third kappa shape index (κ3) is 2.66. The van der Waals surface area contributed by atoms with Gasteiger partial charge in [0.05, 0.1) is 9.35 Å². The minimum Gasteiger partial charge on any atom is -0.479 e. The monoisotopic (exact) mass is 335 g/mol. The number of rotatable bonds is 3. The first-order valence-corrected chi connectivity index (χ1v) is 7.74. The molecule has 0 radical (unpaired) electrons. The summed E-state index contributed by atoms with van der Waals surface area (Å²) in [7, 11) is 0. The van der Waals surface area contributed by atoms with Crippen molar-refractivity contribution in [2.75, 3.05) is 11.5 Å². The molecule has 0 saturated carbocycles. The van der Waals surface area contributed by atoms with Gasteiger partial charge in [-0.15, -0.1) is 11.3 Å². The number of hydrogen-bond acceptors (Lipinski definition) is 4. The smallest absolute Gasteiger partial charge is 0.330 e. The maximum Gasteiger partial charge on any atom is 0.330 e. The van der Waals surface area contributed by atoms with E-state index in [0.717, 1.165) is 9.54 Å². The van der Waals surface area contributed by atoms with Gasteiger partial charge in [0, 0.05) is 11.1 Å². The summed E-state index contributed by atoms with van der Waals surface area (Å²) in [6, 6.07) is 1.69. The molecule has 2 heterocycles. The van der Waals surface area contributed by atoms with Crippen LogP contribution in [0.2, 0.25) is 0 Å². The Morgan fingerprint density at radius 3 is 2.76 bits per heavy atom. The second kappa shape index (κ2) is 4.99. The lowest BCUT2D eigenvalue weighted by molar-refractivity contribution is -0.143. The zero-order valence-corrected chi connectivity index (χ0v) is 12.0. The van der Waals surface area contributed by atoms with Gasteiger partial charge in [-0.1, -0.05) is 0 Å². The van der Waals surface area contributed by atoms with Crippen molar-refractivity contribution in [3.8, 4) is 0 Å². The number of amides is 1. The Labute approximate surface area is 115 Å². The van der Waals surface area contributed by atoms with Crippen molar-refractivity contribution < 1.29 is 14.7 Å². The maximum atomic E-state index is 11.9. The van der Waals surface area contributed by atoms with Crippen LogP contribution in [0.15, 0.2) is 15.2 Å². The van der Waals surface area contributed by atoms with E-state index in [2.05, 4.69) is 21.2 Å². The molecule has 2 rings (SSSR count). The molecule has 1 amide bonds. The van der Waals surface area contributed by atoms with Gasteiger partial charge in [-0.3, -0.25) is 4.79 Å². The number of carboxylic acids is 1. The number of nitrogens with one attached hydrogen (secondary N) is 1. The van der Waals surface area contributed by atoms with Crippen molar-refractivity contribution in [3.05, 3.63) is 20.8 Å². The summed E-state index contributed by atoms with van der Waals surface area (Å²) in [6.07, 6.45) is 0.476. The number of carbonyl (C=O) groups excluding carboxylic acids is 1. The molecule has 1 aromatic rings. The van der Waals surface area contributed by atoms with E-state index < -0.39 is 11.5 Å². The number of thioether (sulfide) groups is 1. The first-order chi connectivity index (χ1) is 8.03. The van der Waals surface area contributed by atoms with Gasteiger partial charge in [0.1, 0.15) is 5.54 Å². The van der Waals surface area contributed by atoms with E-state index in [9.17, 15) is 14.7 Å². The Hall–Kier alpha value is -0.530. The van der Waals surface area contributed by atoms with Crippen LogP contribution < -0.4 is 5.32 Å². The van der Waals surface area contributed by atoms with Crippen LogP contribution in [-0.4, -0.2) is 34.0 Å². The first-order valence-electron chi connectivity index (χ1n) is 4.91. The topological polar surface area (TPSA) is 66.4 Å².